The molecule has 4 aromatic rings. The zero-order chi connectivity index (χ0) is 23.9. The summed E-state index contributed by atoms with van der Waals surface area (Å²) >= 11 is 7.85. The summed E-state index contributed by atoms with van der Waals surface area (Å²) in [6.07, 6.45) is 0. The van der Waals surface area contributed by atoms with Crippen LogP contribution < -0.4 is 16.6 Å². The predicted octanol–water partition coefficient (Wildman–Crippen LogP) is 3.49. The minimum absolute atomic E-state index is 0.0428. The molecule has 8 nitrogen and oxygen atoms in total. The van der Waals surface area contributed by atoms with Crippen LogP contribution in [-0.4, -0.2) is 24.6 Å². The van der Waals surface area contributed by atoms with Gasteiger partial charge in [-0.2, -0.15) is 4.98 Å². The summed E-state index contributed by atoms with van der Waals surface area (Å²) in [5, 5.41) is 2.77. The number of fused-ring (bicyclic) bond motifs is 1. The molecule has 1 N–H and O–H groups in total. The van der Waals surface area contributed by atoms with Crippen molar-refractivity contribution >= 4 is 46.1 Å². The molecule has 2 heterocycles. The van der Waals surface area contributed by atoms with Crippen LogP contribution in [0.4, 0.5) is 5.69 Å². The summed E-state index contributed by atoms with van der Waals surface area (Å²) in [6.45, 7) is 3.92. The SMILES string of the molecule is Cc1ccc(C)c(Sc2ccc(NC(=O)Cn3c(Cl)nc4c3c(=O)n(C)c(=O)n4C)cc2)c1. The van der Waals surface area contributed by atoms with Gasteiger partial charge in [-0.25, -0.2) is 4.79 Å². The molecule has 0 bridgehead atoms. The zero-order valence-corrected chi connectivity index (χ0v) is 20.1. The summed E-state index contributed by atoms with van der Waals surface area (Å²) in [5.41, 5.74) is 2.17. The third-order valence-corrected chi connectivity index (χ3v) is 6.77. The van der Waals surface area contributed by atoms with E-state index in [1.807, 2.05) is 24.3 Å². The normalized spacial score (nSPS) is 11.2. The number of hydrogen-bond donors (Lipinski definition) is 1. The molecule has 170 valence electrons. The molecule has 2 aromatic heterocycles. The van der Waals surface area contributed by atoms with Gasteiger partial charge < -0.3 is 5.32 Å². The third kappa shape index (κ3) is 4.46. The molecule has 33 heavy (non-hydrogen) atoms. The Morgan fingerprint density at radius 1 is 1.06 bits per heavy atom. The Balaban J connectivity index is 1.52. The zero-order valence-electron chi connectivity index (χ0n) is 18.5. The smallest absolute Gasteiger partial charge is 0.325 e. The van der Waals surface area contributed by atoms with Gasteiger partial charge in [0, 0.05) is 29.6 Å². The van der Waals surface area contributed by atoms with Crippen LogP contribution in [0.5, 0.6) is 0 Å². The summed E-state index contributed by atoms with van der Waals surface area (Å²) in [4.78, 5) is 43.7. The van der Waals surface area contributed by atoms with Gasteiger partial charge in [-0.15, -0.1) is 0 Å². The van der Waals surface area contributed by atoms with E-state index in [0.717, 1.165) is 9.46 Å². The fourth-order valence-electron chi connectivity index (χ4n) is 3.46. The van der Waals surface area contributed by atoms with Gasteiger partial charge in [0.15, 0.2) is 11.2 Å². The molecule has 0 saturated carbocycles. The molecule has 1 amide bonds. The number of amides is 1. The Kier molecular flexibility index (Phi) is 6.18. The first kappa shape index (κ1) is 22.9. The van der Waals surface area contributed by atoms with Gasteiger partial charge in [0.2, 0.25) is 11.2 Å². The summed E-state index contributed by atoms with van der Waals surface area (Å²) < 4.78 is 3.49. The third-order valence-electron chi connectivity index (χ3n) is 5.31. The topological polar surface area (TPSA) is 90.9 Å². The Hall–Kier alpha value is -3.30. The number of nitrogens with zero attached hydrogens (tertiary/aromatic N) is 4. The van der Waals surface area contributed by atoms with Gasteiger partial charge >= 0.3 is 5.69 Å². The number of halogens is 1. The van der Waals surface area contributed by atoms with Gasteiger partial charge in [0.05, 0.1) is 0 Å². The lowest BCUT2D eigenvalue weighted by Gasteiger charge is -2.10. The molecular weight excluding hydrogens is 462 g/mol. The average molecular weight is 484 g/mol. The van der Waals surface area contributed by atoms with Crippen LogP contribution in [-0.2, 0) is 25.4 Å². The summed E-state index contributed by atoms with van der Waals surface area (Å²) in [6, 6.07) is 13.9. The van der Waals surface area contributed by atoms with E-state index in [1.54, 1.807) is 11.8 Å². The lowest BCUT2D eigenvalue weighted by molar-refractivity contribution is -0.116. The molecule has 0 aliphatic heterocycles. The second kappa shape index (κ2) is 8.92. The molecule has 0 unspecified atom stereocenters. The Labute approximate surface area is 198 Å². The van der Waals surface area contributed by atoms with Crippen LogP contribution in [0.15, 0.2) is 61.8 Å². The van der Waals surface area contributed by atoms with Gasteiger partial charge in [0.1, 0.15) is 6.54 Å². The van der Waals surface area contributed by atoms with Crippen molar-refractivity contribution in [1.29, 1.82) is 0 Å². The average Bonchev–Trinajstić information content (AvgIpc) is 3.10. The number of nitrogens with one attached hydrogen (secondary N) is 1. The molecular formula is C23H22ClN5O3S. The lowest BCUT2D eigenvalue weighted by Crippen LogP contribution is -2.37. The second-order valence-electron chi connectivity index (χ2n) is 7.79. The standard InChI is InChI=1S/C23H22ClN5O3S/c1-13-5-6-14(2)17(11-13)33-16-9-7-15(8-10-16)25-18(30)12-29-19-20(26-22(29)24)27(3)23(32)28(4)21(19)31/h5-11H,12H2,1-4H3,(H,25,30). The maximum absolute atomic E-state index is 12.7. The molecule has 10 heteroatoms. The highest BCUT2D eigenvalue weighted by Crippen LogP contribution is 2.31. The second-order valence-corrected chi connectivity index (χ2v) is 9.24. The highest BCUT2D eigenvalue weighted by atomic mass is 35.5. The molecule has 4 rings (SSSR count). The van der Waals surface area contributed by atoms with E-state index in [-0.39, 0.29) is 28.9 Å². The van der Waals surface area contributed by atoms with E-state index in [0.29, 0.717) is 5.69 Å². The first-order valence-corrected chi connectivity index (χ1v) is 11.3. The molecule has 0 saturated heterocycles. The Morgan fingerprint density at radius 2 is 1.76 bits per heavy atom. The van der Waals surface area contributed by atoms with Crippen LogP contribution in [0.25, 0.3) is 11.2 Å². The van der Waals surface area contributed by atoms with Crippen molar-refractivity contribution in [3.05, 3.63) is 79.7 Å². The highest BCUT2D eigenvalue weighted by Gasteiger charge is 2.19. The van der Waals surface area contributed by atoms with Crippen LogP contribution in [0, 0.1) is 13.8 Å². The van der Waals surface area contributed by atoms with Crippen molar-refractivity contribution < 1.29 is 4.79 Å². The number of aromatic nitrogens is 4. The first-order valence-electron chi connectivity index (χ1n) is 10.1. The Morgan fingerprint density at radius 3 is 2.45 bits per heavy atom. The van der Waals surface area contributed by atoms with E-state index >= 15 is 0 Å². The first-order chi connectivity index (χ1) is 15.7. The van der Waals surface area contributed by atoms with E-state index in [9.17, 15) is 14.4 Å². The number of aryl methyl sites for hydroxylation is 3. The molecule has 0 aliphatic rings. The van der Waals surface area contributed by atoms with Gasteiger partial charge in [-0.1, -0.05) is 23.9 Å². The molecule has 2 aromatic carbocycles. The fraction of sp³-hybridized carbons (Fsp3) is 0.217. The van der Waals surface area contributed by atoms with E-state index < -0.39 is 11.2 Å². The molecule has 0 fully saturated rings. The largest absolute Gasteiger partial charge is 0.332 e. The number of rotatable bonds is 5. The van der Waals surface area contributed by atoms with E-state index in [1.165, 1.54) is 39.3 Å². The predicted molar refractivity (Wildman–Crippen MR) is 130 cm³/mol. The van der Waals surface area contributed by atoms with Gasteiger partial charge in [0.25, 0.3) is 5.56 Å². The van der Waals surface area contributed by atoms with Crippen molar-refractivity contribution in [1.82, 2.24) is 18.7 Å². The highest BCUT2D eigenvalue weighted by molar-refractivity contribution is 7.99. The van der Waals surface area contributed by atoms with Crippen molar-refractivity contribution in [2.24, 2.45) is 14.1 Å². The number of hydrogen-bond acceptors (Lipinski definition) is 5. The number of anilines is 1. The summed E-state index contributed by atoms with van der Waals surface area (Å²) in [5.74, 6) is -0.373. The quantitative estimate of drug-likeness (QED) is 0.439. The molecule has 0 spiro atoms. The van der Waals surface area contributed by atoms with Crippen LogP contribution in [0.2, 0.25) is 5.28 Å². The molecule has 0 aliphatic carbocycles. The van der Waals surface area contributed by atoms with Gasteiger partial charge in [-0.05, 0) is 66.9 Å². The minimum atomic E-state index is -0.562. The van der Waals surface area contributed by atoms with E-state index in [2.05, 4.69) is 42.3 Å². The number of carbonyl (C=O) groups excluding carboxylic acids is 1. The molecule has 0 atom stereocenters. The number of benzene rings is 2. The van der Waals surface area contributed by atoms with Crippen molar-refractivity contribution in [3.63, 3.8) is 0 Å². The lowest BCUT2D eigenvalue weighted by atomic mass is 10.2. The van der Waals surface area contributed by atoms with Crippen molar-refractivity contribution in [3.8, 4) is 0 Å². The number of carbonyl (C=O) groups is 1. The van der Waals surface area contributed by atoms with Crippen molar-refractivity contribution in [2.75, 3.05) is 5.32 Å². The van der Waals surface area contributed by atoms with Crippen LogP contribution >= 0.6 is 23.4 Å². The van der Waals surface area contributed by atoms with Gasteiger partial charge in [-0.3, -0.25) is 23.3 Å². The molecule has 0 radical (unpaired) electrons. The van der Waals surface area contributed by atoms with Crippen LogP contribution in [0.1, 0.15) is 11.1 Å². The van der Waals surface area contributed by atoms with Crippen LogP contribution in [0.3, 0.4) is 0 Å². The summed E-state index contributed by atoms with van der Waals surface area (Å²) in [7, 11) is 2.86. The fourth-order valence-corrected chi connectivity index (χ4v) is 4.68. The monoisotopic (exact) mass is 483 g/mol. The number of imidazole rings is 1. The minimum Gasteiger partial charge on any atom is -0.325 e. The maximum Gasteiger partial charge on any atom is 0.332 e. The van der Waals surface area contributed by atoms with Crippen molar-refractivity contribution in [2.45, 2.75) is 30.2 Å². The Bertz CT molecular complexity index is 1500. The maximum atomic E-state index is 12.7. The van der Waals surface area contributed by atoms with E-state index in [4.69, 9.17) is 11.6 Å².